The van der Waals surface area contributed by atoms with Crippen molar-refractivity contribution in [1.82, 2.24) is 15.0 Å². The molecule has 0 aliphatic rings. The van der Waals surface area contributed by atoms with Gasteiger partial charge in [-0.25, -0.2) is 5.43 Å². The fourth-order valence-corrected chi connectivity index (χ4v) is 2.65. The molecule has 1 aromatic carbocycles. The van der Waals surface area contributed by atoms with E-state index in [1.807, 2.05) is 49.5 Å². The van der Waals surface area contributed by atoms with E-state index in [9.17, 15) is 4.79 Å². The molecule has 1 amide bonds. The van der Waals surface area contributed by atoms with Gasteiger partial charge in [-0.3, -0.25) is 4.79 Å². The third-order valence-electron chi connectivity index (χ3n) is 3.97. The number of nitrogens with zero attached hydrogens (tertiary/aromatic N) is 2. The average molecular weight is 320 g/mol. The first-order valence-corrected chi connectivity index (χ1v) is 7.80. The fraction of sp³-hybridized carbons (Fsp3) is 0.158. The van der Waals surface area contributed by atoms with Crippen LogP contribution in [0.4, 0.5) is 0 Å². The summed E-state index contributed by atoms with van der Waals surface area (Å²) in [4.78, 5) is 15.3. The summed E-state index contributed by atoms with van der Waals surface area (Å²) < 4.78 is 2.15. The minimum absolute atomic E-state index is 0.228. The summed E-state index contributed by atoms with van der Waals surface area (Å²) in [6, 6.07) is 15.4. The van der Waals surface area contributed by atoms with Gasteiger partial charge in [-0.2, -0.15) is 5.10 Å². The highest BCUT2D eigenvalue weighted by molar-refractivity contribution is 5.99. The molecular weight excluding hydrogens is 300 g/mol. The van der Waals surface area contributed by atoms with Crippen LogP contribution in [-0.2, 0) is 0 Å². The molecule has 2 aromatic heterocycles. The van der Waals surface area contributed by atoms with Crippen LogP contribution < -0.4 is 5.43 Å². The minimum atomic E-state index is -0.228. The van der Waals surface area contributed by atoms with Crippen molar-refractivity contribution in [2.45, 2.75) is 20.8 Å². The molecule has 0 atom stereocenters. The Morgan fingerprint density at radius 2 is 1.71 bits per heavy atom. The van der Waals surface area contributed by atoms with Gasteiger partial charge in [-0.1, -0.05) is 0 Å². The van der Waals surface area contributed by atoms with Gasteiger partial charge in [0.1, 0.15) is 0 Å². The summed E-state index contributed by atoms with van der Waals surface area (Å²) in [7, 11) is 0. The molecule has 0 bridgehead atoms. The lowest BCUT2D eigenvalue weighted by Gasteiger charge is -2.10. The number of nitrogens with one attached hydrogen (secondary N) is 2. The van der Waals surface area contributed by atoms with Gasteiger partial charge >= 0.3 is 0 Å². The zero-order chi connectivity index (χ0) is 17.1. The SMILES string of the molecule is CC(=NNC(=O)c1ccc(-n2c(C)ccc2C)cc1)c1ccc[nH]1. The van der Waals surface area contributed by atoms with E-state index in [1.54, 1.807) is 0 Å². The van der Waals surface area contributed by atoms with Crippen molar-refractivity contribution in [3.05, 3.63) is 77.4 Å². The molecule has 0 fully saturated rings. The number of H-pyrrole nitrogens is 1. The Bertz CT molecular complexity index is 851. The standard InChI is InChI=1S/C19H20N4O/c1-13-6-7-14(2)23(13)17-10-8-16(9-11-17)19(24)22-21-15(3)18-5-4-12-20-18/h4-12,20H,1-3H3,(H,22,24). The second-order valence-corrected chi connectivity index (χ2v) is 5.72. The third kappa shape index (κ3) is 3.15. The lowest BCUT2D eigenvalue weighted by molar-refractivity contribution is 0.0955. The van der Waals surface area contributed by atoms with E-state index >= 15 is 0 Å². The van der Waals surface area contributed by atoms with Gasteiger partial charge in [0, 0.05) is 28.8 Å². The number of hydrogen-bond donors (Lipinski definition) is 2. The normalized spacial score (nSPS) is 11.5. The highest BCUT2D eigenvalue weighted by Crippen LogP contribution is 2.16. The van der Waals surface area contributed by atoms with Crippen molar-refractivity contribution < 1.29 is 4.79 Å². The highest BCUT2D eigenvalue weighted by atomic mass is 16.2. The Morgan fingerprint density at radius 1 is 1.04 bits per heavy atom. The van der Waals surface area contributed by atoms with Crippen molar-refractivity contribution in [3.8, 4) is 5.69 Å². The molecule has 0 radical (unpaired) electrons. The van der Waals surface area contributed by atoms with Crippen LogP contribution in [0.2, 0.25) is 0 Å². The van der Waals surface area contributed by atoms with Gasteiger partial charge in [0.15, 0.2) is 0 Å². The number of benzene rings is 1. The lowest BCUT2D eigenvalue weighted by Crippen LogP contribution is -2.19. The maximum absolute atomic E-state index is 12.2. The Kier molecular flexibility index (Phi) is 4.33. The molecule has 24 heavy (non-hydrogen) atoms. The van der Waals surface area contributed by atoms with Crippen LogP contribution in [0.15, 0.2) is 59.8 Å². The first-order valence-electron chi connectivity index (χ1n) is 7.80. The van der Waals surface area contributed by atoms with Gasteiger partial charge in [-0.05, 0) is 69.3 Å². The predicted molar refractivity (Wildman–Crippen MR) is 95.7 cm³/mol. The number of carbonyl (C=O) groups excluding carboxylic acids is 1. The summed E-state index contributed by atoms with van der Waals surface area (Å²) in [5.41, 5.74) is 8.13. The van der Waals surface area contributed by atoms with Crippen LogP contribution in [0.5, 0.6) is 0 Å². The van der Waals surface area contributed by atoms with Crippen LogP contribution in [0.25, 0.3) is 5.69 Å². The highest BCUT2D eigenvalue weighted by Gasteiger charge is 2.08. The molecular formula is C19H20N4O. The van der Waals surface area contributed by atoms with Crippen molar-refractivity contribution >= 4 is 11.6 Å². The molecule has 0 aliphatic heterocycles. The van der Waals surface area contributed by atoms with E-state index in [1.165, 1.54) is 0 Å². The van der Waals surface area contributed by atoms with Crippen molar-refractivity contribution in [2.75, 3.05) is 0 Å². The number of hydrogen-bond acceptors (Lipinski definition) is 2. The van der Waals surface area contributed by atoms with Crippen LogP contribution in [0, 0.1) is 13.8 Å². The van der Waals surface area contributed by atoms with Crippen LogP contribution in [0.1, 0.15) is 34.4 Å². The number of aromatic amines is 1. The zero-order valence-electron chi connectivity index (χ0n) is 14.0. The number of aryl methyl sites for hydroxylation is 2. The Balaban J connectivity index is 1.74. The molecule has 0 saturated carbocycles. The minimum Gasteiger partial charge on any atom is -0.360 e. The second kappa shape index (κ2) is 6.58. The topological polar surface area (TPSA) is 62.2 Å². The van der Waals surface area contributed by atoms with Crippen LogP contribution in [-0.4, -0.2) is 21.2 Å². The van der Waals surface area contributed by atoms with E-state index in [2.05, 4.69) is 46.1 Å². The molecule has 0 spiro atoms. The number of rotatable bonds is 4. The van der Waals surface area contributed by atoms with Gasteiger partial charge in [-0.15, -0.1) is 0 Å². The number of carbonyl (C=O) groups is 1. The first kappa shape index (κ1) is 15.8. The summed E-state index contributed by atoms with van der Waals surface area (Å²) in [6.07, 6.45) is 1.82. The lowest BCUT2D eigenvalue weighted by atomic mass is 10.2. The largest absolute Gasteiger partial charge is 0.360 e. The van der Waals surface area contributed by atoms with Gasteiger partial charge in [0.2, 0.25) is 0 Å². The second-order valence-electron chi connectivity index (χ2n) is 5.72. The van der Waals surface area contributed by atoms with Gasteiger partial charge in [0.25, 0.3) is 5.91 Å². The molecule has 122 valence electrons. The quantitative estimate of drug-likeness (QED) is 0.560. The smallest absolute Gasteiger partial charge is 0.271 e. The van der Waals surface area contributed by atoms with Crippen molar-refractivity contribution in [3.63, 3.8) is 0 Å². The summed E-state index contributed by atoms with van der Waals surface area (Å²) >= 11 is 0. The number of hydrazone groups is 1. The van der Waals surface area contributed by atoms with Gasteiger partial charge in [0.05, 0.1) is 11.4 Å². The summed E-state index contributed by atoms with van der Waals surface area (Å²) in [6.45, 7) is 5.96. The summed E-state index contributed by atoms with van der Waals surface area (Å²) in [5, 5.41) is 4.12. The molecule has 2 heterocycles. The molecule has 3 rings (SSSR count). The van der Waals surface area contributed by atoms with E-state index in [-0.39, 0.29) is 5.91 Å². The van der Waals surface area contributed by atoms with Crippen LogP contribution >= 0.6 is 0 Å². The fourth-order valence-electron chi connectivity index (χ4n) is 2.65. The number of amides is 1. The molecule has 2 N–H and O–H groups in total. The Hall–Kier alpha value is -3.08. The Morgan fingerprint density at radius 3 is 2.29 bits per heavy atom. The predicted octanol–water partition coefficient (Wildman–Crippen LogP) is 3.58. The number of aromatic nitrogens is 2. The molecule has 3 aromatic rings. The molecule has 5 nitrogen and oxygen atoms in total. The van der Waals surface area contributed by atoms with Crippen molar-refractivity contribution in [1.29, 1.82) is 0 Å². The zero-order valence-corrected chi connectivity index (χ0v) is 14.0. The molecule has 5 heteroatoms. The van der Waals surface area contributed by atoms with E-state index in [0.29, 0.717) is 5.56 Å². The van der Waals surface area contributed by atoms with E-state index in [0.717, 1.165) is 28.5 Å². The monoisotopic (exact) mass is 320 g/mol. The van der Waals surface area contributed by atoms with E-state index < -0.39 is 0 Å². The van der Waals surface area contributed by atoms with E-state index in [4.69, 9.17) is 0 Å². The molecule has 0 saturated heterocycles. The first-order chi connectivity index (χ1) is 11.6. The maximum Gasteiger partial charge on any atom is 0.271 e. The van der Waals surface area contributed by atoms with Crippen molar-refractivity contribution in [2.24, 2.45) is 5.10 Å². The van der Waals surface area contributed by atoms with Gasteiger partial charge < -0.3 is 9.55 Å². The molecule has 0 unspecified atom stereocenters. The maximum atomic E-state index is 12.2. The third-order valence-corrected chi connectivity index (χ3v) is 3.97. The average Bonchev–Trinajstić information content (AvgIpc) is 3.23. The van der Waals surface area contributed by atoms with Crippen LogP contribution in [0.3, 0.4) is 0 Å². The Labute approximate surface area is 141 Å². The summed E-state index contributed by atoms with van der Waals surface area (Å²) in [5.74, 6) is -0.228. The molecule has 0 aliphatic carbocycles.